The number of carboxylic acids is 1. The average Bonchev–Trinajstić information content (AvgIpc) is 3.73. The molecular weight excluding hydrogens is 929 g/mol. The number of ether oxygens (including phenoxy) is 2. The molecule has 3 aromatic rings. The van der Waals surface area contributed by atoms with E-state index < -0.39 is 86.6 Å². The molecule has 18 nitrogen and oxygen atoms in total. The Morgan fingerprint density at radius 2 is 1.92 bits per heavy atom. The molecule has 4 fully saturated rings. The molecule has 1 amide bonds. The van der Waals surface area contributed by atoms with Gasteiger partial charge in [-0.05, 0) is 0 Å². The number of hydrogen-bond donors (Lipinski definition) is 6. The SMILES string of the molecule is CCCC1O[C@@H]2C[C@H]3[C@@H]4CCC5=CC(=O)C=C[C@]5(C)[C@H]4[C@@H](O)C[C@]3(C)[C@]2(C(=O)CO[I-]C(=O)CC[C@H](NC(=O)c2ccc(NCc3cnc4nc(N)[nH]c(=O)c4n3)cc2)C(=O)O)O1. The number of aromatic nitrogens is 4. The number of aliphatic carboxylic acids is 1. The molecule has 7 N–H and O–H groups in total. The van der Waals surface area contributed by atoms with Gasteiger partial charge in [0, 0.05) is 0 Å². The normalized spacial score (nSPS) is 31.0. The topological polar surface area (TPSA) is 275 Å². The molecule has 8 rings (SSSR count). The fourth-order valence-corrected chi connectivity index (χ4v) is 12.4. The average molecular weight is 981 g/mol. The molecule has 1 aromatic carbocycles. The number of nitrogens with one attached hydrogen (secondary N) is 3. The van der Waals surface area contributed by atoms with Gasteiger partial charge in [-0.25, -0.2) is 9.97 Å². The predicted octanol–water partition coefficient (Wildman–Crippen LogP) is 0.156. The summed E-state index contributed by atoms with van der Waals surface area (Å²) >= 11 is -1.65. The summed E-state index contributed by atoms with van der Waals surface area (Å²) in [5.74, 6) is -2.49. The molecule has 19 heteroatoms. The third kappa shape index (κ3) is 8.21. The van der Waals surface area contributed by atoms with Gasteiger partial charge in [-0.3, -0.25) is 14.6 Å². The zero-order chi connectivity index (χ0) is 44.8. The Kier molecular flexibility index (Phi) is 12.4. The van der Waals surface area contributed by atoms with Crippen molar-refractivity contribution in [1.82, 2.24) is 25.3 Å². The first kappa shape index (κ1) is 44.6. The van der Waals surface area contributed by atoms with Crippen molar-refractivity contribution < 1.29 is 68.3 Å². The summed E-state index contributed by atoms with van der Waals surface area (Å²) in [5, 5.41) is 27.5. The van der Waals surface area contributed by atoms with Crippen molar-refractivity contribution in [3.63, 3.8) is 0 Å². The molecule has 4 aliphatic carbocycles. The Bertz CT molecular complexity index is 2460. The number of aromatic amines is 1. The van der Waals surface area contributed by atoms with Gasteiger partial charge >= 0.3 is 305 Å². The molecule has 3 saturated carbocycles. The number of allylic oxidation sites excluding steroid dienone is 4. The van der Waals surface area contributed by atoms with Crippen molar-refractivity contribution in [2.75, 3.05) is 17.7 Å². The van der Waals surface area contributed by atoms with Gasteiger partial charge in [-0.15, -0.1) is 0 Å². The molecule has 2 aromatic heterocycles. The van der Waals surface area contributed by atoms with Gasteiger partial charge in [0.25, 0.3) is 5.56 Å². The summed E-state index contributed by atoms with van der Waals surface area (Å²) in [6, 6.07) is 4.90. The van der Waals surface area contributed by atoms with Crippen molar-refractivity contribution >= 4 is 50.0 Å². The Hall–Kier alpha value is -4.96. The monoisotopic (exact) mass is 980 g/mol. The third-order valence-corrected chi connectivity index (χ3v) is 15.5. The first-order valence-electron chi connectivity index (χ1n) is 21.2. The molecule has 5 aliphatic rings. The second-order valence-corrected chi connectivity index (χ2v) is 19.8. The number of ketones is 2. The van der Waals surface area contributed by atoms with Crippen LogP contribution in [-0.2, 0) is 38.3 Å². The number of nitrogen functional groups attached to an aromatic ring is 1. The molecule has 0 radical (unpaired) electrons. The Balaban J connectivity index is 0.852. The van der Waals surface area contributed by atoms with Crippen LogP contribution in [0.1, 0.15) is 88.2 Å². The van der Waals surface area contributed by atoms with Gasteiger partial charge < -0.3 is 5.73 Å². The van der Waals surface area contributed by atoms with E-state index in [4.69, 9.17) is 18.3 Å². The number of carboxylic acid groups (broad SMARTS) is 1. The van der Waals surface area contributed by atoms with Crippen LogP contribution in [0.5, 0.6) is 0 Å². The fourth-order valence-electron chi connectivity index (χ4n) is 11.0. The zero-order valence-electron chi connectivity index (χ0n) is 35.1. The van der Waals surface area contributed by atoms with E-state index in [9.17, 15) is 39.0 Å². The van der Waals surface area contributed by atoms with Crippen LogP contribution >= 0.6 is 0 Å². The van der Waals surface area contributed by atoms with E-state index in [1.54, 1.807) is 24.3 Å². The summed E-state index contributed by atoms with van der Waals surface area (Å²) < 4.78 is 18.7. The summed E-state index contributed by atoms with van der Waals surface area (Å²) in [5.41, 5.74) is 4.84. The fraction of sp³-hybridized carbons (Fsp3) is 0.523. The maximum atomic E-state index is 14.5. The summed E-state index contributed by atoms with van der Waals surface area (Å²) in [4.78, 5) is 92.0. The molecule has 336 valence electrons. The van der Waals surface area contributed by atoms with Gasteiger partial charge in [-0.1, -0.05) is 0 Å². The second-order valence-electron chi connectivity index (χ2n) is 17.6. The van der Waals surface area contributed by atoms with Crippen molar-refractivity contribution in [2.24, 2.45) is 28.6 Å². The van der Waals surface area contributed by atoms with Crippen LogP contribution in [0.15, 0.2) is 59.1 Å². The molecule has 1 saturated heterocycles. The number of nitrogens with two attached hydrogens (primary N) is 1. The van der Waals surface area contributed by atoms with Crippen LogP contribution in [0.3, 0.4) is 0 Å². The van der Waals surface area contributed by atoms with E-state index in [0.717, 1.165) is 24.8 Å². The molecule has 63 heavy (non-hydrogen) atoms. The Morgan fingerprint density at radius 1 is 1.14 bits per heavy atom. The number of halogens is 1. The van der Waals surface area contributed by atoms with Crippen LogP contribution in [0.4, 0.5) is 11.6 Å². The summed E-state index contributed by atoms with van der Waals surface area (Å²) in [6.45, 7) is 5.93. The molecule has 1 unspecified atom stereocenters. The minimum atomic E-state index is -1.65. The number of fused-ring (bicyclic) bond motifs is 8. The quantitative estimate of drug-likeness (QED) is 0.0824. The van der Waals surface area contributed by atoms with Crippen molar-refractivity contribution in [2.45, 2.75) is 109 Å². The zero-order valence-corrected chi connectivity index (χ0v) is 37.3. The Labute approximate surface area is 373 Å². The van der Waals surface area contributed by atoms with Crippen LogP contribution in [-0.4, -0.2) is 94.1 Å². The second kappa shape index (κ2) is 17.5. The van der Waals surface area contributed by atoms with Gasteiger partial charge in [0.1, 0.15) is 0 Å². The van der Waals surface area contributed by atoms with E-state index in [0.29, 0.717) is 30.6 Å². The van der Waals surface area contributed by atoms with Gasteiger partial charge in [0.2, 0.25) is 5.95 Å². The van der Waals surface area contributed by atoms with Crippen LogP contribution < -0.4 is 43.5 Å². The van der Waals surface area contributed by atoms with Crippen LogP contribution in [0, 0.1) is 28.6 Å². The summed E-state index contributed by atoms with van der Waals surface area (Å²) in [6.07, 6.45) is 8.13. The number of aliphatic hydroxyl groups excluding tert-OH is 1. The van der Waals surface area contributed by atoms with E-state index in [-0.39, 0.29) is 75.2 Å². The van der Waals surface area contributed by atoms with Crippen molar-refractivity contribution in [3.8, 4) is 0 Å². The molecule has 10 atom stereocenters. The van der Waals surface area contributed by atoms with E-state index in [1.807, 2.05) is 19.9 Å². The number of carbonyl (C=O) groups is 5. The van der Waals surface area contributed by atoms with Crippen molar-refractivity contribution in [1.29, 1.82) is 0 Å². The Morgan fingerprint density at radius 3 is 2.67 bits per heavy atom. The van der Waals surface area contributed by atoms with Gasteiger partial charge in [-0.2, -0.15) is 4.98 Å². The van der Waals surface area contributed by atoms with E-state index in [1.165, 1.54) is 18.3 Å². The molecular formula is C44H51IN7O11-. The molecule has 1 aliphatic heterocycles. The van der Waals surface area contributed by atoms with Crippen LogP contribution in [0.2, 0.25) is 0 Å². The molecule has 0 spiro atoms. The first-order valence-corrected chi connectivity index (χ1v) is 23.2. The number of amides is 1. The number of H-pyrrole nitrogens is 1. The number of Topliss-reactive ketones (excluding diaryl/α,β-unsaturated/α-hetero) is 1. The van der Waals surface area contributed by atoms with Gasteiger partial charge in [0.15, 0.2) is 11.2 Å². The van der Waals surface area contributed by atoms with Crippen LogP contribution in [0.25, 0.3) is 11.2 Å². The number of aliphatic hydroxyl groups is 1. The number of nitrogens with zero attached hydrogens (tertiary/aromatic N) is 3. The maximum absolute atomic E-state index is 14.5. The number of hydrogen-bond acceptors (Lipinski definition) is 15. The molecule has 0 bridgehead atoms. The first-order chi connectivity index (χ1) is 30.1. The number of carbonyl (C=O) groups excluding carboxylic acids is 4. The minimum absolute atomic E-state index is 0.00847. The number of benzene rings is 1. The van der Waals surface area contributed by atoms with E-state index in [2.05, 4.69) is 37.5 Å². The summed E-state index contributed by atoms with van der Waals surface area (Å²) in [7, 11) is 0. The van der Waals surface area contributed by atoms with Crippen molar-refractivity contribution in [3.05, 3.63) is 75.9 Å². The van der Waals surface area contributed by atoms with E-state index >= 15 is 0 Å². The number of anilines is 2. The van der Waals surface area contributed by atoms with Gasteiger partial charge in [0.05, 0.1) is 11.9 Å². The third-order valence-electron chi connectivity index (χ3n) is 13.9. The number of rotatable bonds is 16. The predicted molar refractivity (Wildman–Crippen MR) is 221 cm³/mol. The standard InChI is InChI=1S/C44H51IN7O11/c1-4-5-34-62-32-17-28-27-11-8-23-16-26(53)14-15-42(23,2)35(27)30(54)18-43(28,3)44(32,63-34)31(55)21-61-45-33(56)13-12-29(40(59)60)50-38(57)22-6-9-24(10-7-22)47-19-25-20-48-37-36(49-25)39(58)52-41(46)51-37/h6-7,9-10,14-16,20,27-30,32,34-35,47,54H,4-5,8,11-13,17-19,21H2,1-3H3,(H,50,57)(H,59,60)(H3,46,48,51,52,58)/q-1/t27-,28-,29-,30-,32+,34?,35+,42-,43-,44+/m0/s1. The molecule has 3 heterocycles.